The van der Waals surface area contributed by atoms with E-state index in [9.17, 15) is 9.59 Å². The number of amides is 1. The van der Waals surface area contributed by atoms with Crippen molar-refractivity contribution in [1.29, 1.82) is 0 Å². The number of carbonyl (C=O) groups is 2. The van der Waals surface area contributed by atoms with Gasteiger partial charge in [0, 0.05) is 15.6 Å². The zero-order valence-corrected chi connectivity index (χ0v) is 16.0. The maximum Gasteiger partial charge on any atom is 0.299 e. The molecule has 1 aromatic heterocycles. The molecule has 2 unspecified atom stereocenters. The van der Waals surface area contributed by atoms with Crippen LogP contribution in [-0.2, 0) is 11.2 Å². The number of Topliss-reactive ketones (excluding diaryl/α,β-unsaturated/α-hetero) is 1. The average molecular weight is 363 g/mol. The van der Waals surface area contributed by atoms with Crippen LogP contribution in [0.4, 0.5) is 5.69 Å². The summed E-state index contributed by atoms with van der Waals surface area (Å²) in [5.41, 5.74) is 2.53. The van der Waals surface area contributed by atoms with Gasteiger partial charge in [0.25, 0.3) is 11.7 Å². The maximum absolute atomic E-state index is 12.5. The summed E-state index contributed by atoms with van der Waals surface area (Å²) in [5.74, 6) is -0.554. The van der Waals surface area contributed by atoms with Crippen LogP contribution in [0.15, 0.2) is 48.5 Å². The Bertz CT molecular complexity index is 1020. The van der Waals surface area contributed by atoms with E-state index in [1.165, 1.54) is 20.5 Å². The molecule has 4 rings (SSSR count). The summed E-state index contributed by atoms with van der Waals surface area (Å²) < 4.78 is 1.29. The van der Waals surface area contributed by atoms with E-state index in [0.717, 1.165) is 12.1 Å². The first-order valence-corrected chi connectivity index (χ1v) is 9.73. The number of rotatable bonds is 4. The third-order valence-corrected chi connectivity index (χ3v) is 6.44. The largest absolute Gasteiger partial charge is 0.302 e. The summed E-state index contributed by atoms with van der Waals surface area (Å²) in [4.78, 5) is 27.8. The van der Waals surface area contributed by atoms with E-state index in [4.69, 9.17) is 0 Å². The topological polar surface area (TPSA) is 37.4 Å². The minimum atomic E-state index is -0.405. The second-order valence-electron chi connectivity index (χ2n) is 7.20. The van der Waals surface area contributed by atoms with Gasteiger partial charge in [-0.25, -0.2) is 0 Å². The molecule has 1 amide bonds. The molecular formula is C22H21NO2S. The van der Waals surface area contributed by atoms with Gasteiger partial charge in [-0.15, -0.1) is 11.3 Å². The van der Waals surface area contributed by atoms with Crippen molar-refractivity contribution in [2.75, 3.05) is 4.90 Å². The molecule has 2 heterocycles. The number of benzene rings is 2. The Morgan fingerprint density at radius 3 is 2.62 bits per heavy atom. The van der Waals surface area contributed by atoms with Crippen LogP contribution in [0.1, 0.15) is 34.6 Å². The highest BCUT2D eigenvalue weighted by atomic mass is 32.1. The minimum absolute atomic E-state index is 0.0398. The second-order valence-corrected chi connectivity index (χ2v) is 8.37. The number of para-hydroxylation sites is 1. The Balaban J connectivity index is 1.58. The van der Waals surface area contributed by atoms with Gasteiger partial charge in [0.1, 0.15) is 0 Å². The molecule has 4 heteroatoms. The molecule has 3 aromatic rings. The molecule has 0 N–H and O–H groups in total. The van der Waals surface area contributed by atoms with Crippen molar-refractivity contribution in [2.24, 2.45) is 5.92 Å². The number of fused-ring (bicyclic) bond motifs is 2. The van der Waals surface area contributed by atoms with Gasteiger partial charge in [-0.2, -0.15) is 0 Å². The van der Waals surface area contributed by atoms with Gasteiger partial charge in [0.05, 0.1) is 11.3 Å². The Hall–Kier alpha value is -2.46. The molecular weight excluding hydrogens is 342 g/mol. The normalized spacial score (nSPS) is 16.2. The quantitative estimate of drug-likeness (QED) is 0.611. The van der Waals surface area contributed by atoms with E-state index in [0.29, 0.717) is 5.56 Å². The number of aryl methyl sites for hydroxylation is 1. The van der Waals surface area contributed by atoms with E-state index < -0.39 is 11.7 Å². The van der Waals surface area contributed by atoms with Crippen LogP contribution in [0, 0.1) is 12.8 Å². The molecule has 0 spiro atoms. The van der Waals surface area contributed by atoms with Crippen LogP contribution in [0.5, 0.6) is 0 Å². The van der Waals surface area contributed by atoms with Crippen LogP contribution in [-0.4, -0.2) is 17.7 Å². The Morgan fingerprint density at radius 1 is 1.04 bits per heavy atom. The number of hydrogen-bond acceptors (Lipinski definition) is 3. The summed E-state index contributed by atoms with van der Waals surface area (Å²) in [6, 6.07) is 16.0. The highest BCUT2D eigenvalue weighted by Gasteiger charge is 2.39. The third kappa shape index (κ3) is 2.74. The fourth-order valence-corrected chi connectivity index (χ4v) is 4.86. The predicted octanol–water partition coefficient (Wildman–Crippen LogP) is 5.01. The van der Waals surface area contributed by atoms with Gasteiger partial charge >= 0.3 is 0 Å². The number of ketones is 1. The summed E-state index contributed by atoms with van der Waals surface area (Å²) in [7, 11) is 0. The lowest BCUT2D eigenvalue weighted by Crippen LogP contribution is -2.42. The van der Waals surface area contributed by atoms with Gasteiger partial charge in [-0.3, -0.25) is 9.59 Å². The molecule has 0 fully saturated rings. The summed E-state index contributed by atoms with van der Waals surface area (Å²) in [6.07, 6.45) is 0.889. The van der Waals surface area contributed by atoms with Gasteiger partial charge in [0.15, 0.2) is 0 Å². The highest BCUT2D eigenvalue weighted by molar-refractivity contribution is 7.19. The smallest absolute Gasteiger partial charge is 0.299 e. The first-order valence-electron chi connectivity index (χ1n) is 8.91. The fourth-order valence-electron chi connectivity index (χ4n) is 3.67. The predicted molar refractivity (Wildman–Crippen MR) is 107 cm³/mol. The SMILES string of the molecule is Cc1ccc2sc(CC(C)C(C)N3C(=O)C(=O)c4ccccc43)cc2c1. The van der Waals surface area contributed by atoms with Gasteiger partial charge in [-0.1, -0.05) is 36.8 Å². The molecule has 132 valence electrons. The van der Waals surface area contributed by atoms with Gasteiger partial charge < -0.3 is 4.90 Å². The molecule has 3 nitrogen and oxygen atoms in total. The molecule has 0 aliphatic carbocycles. The van der Waals surface area contributed by atoms with Crippen LogP contribution >= 0.6 is 11.3 Å². The molecule has 0 bridgehead atoms. The molecule has 2 aromatic carbocycles. The van der Waals surface area contributed by atoms with Crippen LogP contribution in [0.2, 0.25) is 0 Å². The van der Waals surface area contributed by atoms with Crippen molar-refractivity contribution in [3.63, 3.8) is 0 Å². The lowest BCUT2D eigenvalue weighted by atomic mass is 9.97. The van der Waals surface area contributed by atoms with Crippen LogP contribution in [0.25, 0.3) is 10.1 Å². The first-order chi connectivity index (χ1) is 12.5. The first kappa shape index (κ1) is 17.0. The van der Waals surface area contributed by atoms with Crippen molar-refractivity contribution >= 4 is 38.8 Å². The monoisotopic (exact) mass is 363 g/mol. The zero-order chi connectivity index (χ0) is 18.4. The van der Waals surface area contributed by atoms with E-state index >= 15 is 0 Å². The van der Waals surface area contributed by atoms with Crippen molar-refractivity contribution < 1.29 is 9.59 Å². The summed E-state index contributed by atoms with van der Waals surface area (Å²) >= 11 is 1.81. The Kier molecular flexibility index (Phi) is 4.16. The average Bonchev–Trinajstić information content (AvgIpc) is 3.13. The van der Waals surface area contributed by atoms with E-state index in [1.807, 2.05) is 30.4 Å². The fraction of sp³-hybridized carbons (Fsp3) is 0.273. The maximum atomic E-state index is 12.5. The highest BCUT2D eigenvalue weighted by Crippen LogP contribution is 2.34. The Labute approximate surface area is 157 Å². The molecule has 2 atom stereocenters. The molecule has 1 aliphatic rings. The van der Waals surface area contributed by atoms with Crippen molar-refractivity contribution in [3.8, 4) is 0 Å². The van der Waals surface area contributed by atoms with Crippen LogP contribution in [0.3, 0.4) is 0 Å². The van der Waals surface area contributed by atoms with Crippen molar-refractivity contribution in [3.05, 3.63) is 64.5 Å². The minimum Gasteiger partial charge on any atom is -0.302 e. The van der Waals surface area contributed by atoms with Gasteiger partial charge in [0.2, 0.25) is 0 Å². The number of nitrogens with zero attached hydrogens (tertiary/aromatic N) is 1. The molecule has 26 heavy (non-hydrogen) atoms. The van der Waals surface area contributed by atoms with Crippen molar-refractivity contribution in [1.82, 2.24) is 0 Å². The van der Waals surface area contributed by atoms with Crippen molar-refractivity contribution in [2.45, 2.75) is 33.2 Å². The molecule has 1 aliphatic heterocycles. The lowest BCUT2D eigenvalue weighted by molar-refractivity contribution is -0.114. The van der Waals surface area contributed by atoms with Gasteiger partial charge in [-0.05, 0) is 55.8 Å². The summed E-state index contributed by atoms with van der Waals surface area (Å²) in [5, 5.41) is 1.28. The van der Waals surface area contributed by atoms with Crippen LogP contribution < -0.4 is 4.90 Å². The van der Waals surface area contributed by atoms with E-state index in [2.05, 4.69) is 38.1 Å². The van der Waals surface area contributed by atoms with E-state index in [-0.39, 0.29) is 12.0 Å². The lowest BCUT2D eigenvalue weighted by Gasteiger charge is -2.29. The number of thiophene rings is 1. The number of hydrogen-bond donors (Lipinski definition) is 0. The standard InChI is InChI=1S/C22H21NO2S/c1-13-8-9-20-16(10-13)12-17(26-20)11-14(2)15(3)23-19-7-5-4-6-18(19)21(24)22(23)25/h4-10,12,14-15H,11H2,1-3H3. The third-order valence-electron chi connectivity index (χ3n) is 5.30. The second kappa shape index (κ2) is 6.36. The summed E-state index contributed by atoms with van der Waals surface area (Å²) in [6.45, 7) is 6.29. The molecule has 0 saturated heterocycles. The zero-order valence-electron chi connectivity index (χ0n) is 15.2. The number of carbonyl (C=O) groups excluding carboxylic acids is 2. The Morgan fingerprint density at radius 2 is 1.81 bits per heavy atom. The van der Waals surface area contributed by atoms with E-state index in [1.54, 1.807) is 17.0 Å². The number of anilines is 1. The molecule has 0 radical (unpaired) electrons. The molecule has 0 saturated carbocycles.